The molecule has 0 aliphatic carbocycles. The molecule has 0 fully saturated rings. The SMILES string of the molecule is C[C@@H](CNC(=O)Nc1nccs1)N1CCc2ccccc21. The Bertz CT molecular complexity index is 614. The number of hydrogen-bond donors (Lipinski definition) is 2. The number of benzene rings is 1. The number of para-hydroxylation sites is 1. The van der Waals surface area contributed by atoms with Crippen LogP contribution in [0, 0.1) is 0 Å². The van der Waals surface area contributed by atoms with Gasteiger partial charge in [-0.1, -0.05) is 18.2 Å². The van der Waals surface area contributed by atoms with Crippen LogP contribution < -0.4 is 15.5 Å². The summed E-state index contributed by atoms with van der Waals surface area (Å²) < 4.78 is 0. The lowest BCUT2D eigenvalue weighted by atomic mass is 10.2. The van der Waals surface area contributed by atoms with Gasteiger partial charge in [-0.05, 0) is 25.0 Å². The summed E-state index contributed by atoms with van der Waals surface area (Å²) in [7, 11) is 0. The Morgan fingerprint density at radius 1 is 1.48 bits per heavy atom. The zero-order chi connectivity index (χ0) is 14.7. The largest absolute Gasteiger partial charge is 0.366 e. The summed E-state index contributed by atoms with van der Waals surface area (Å²) in [5, 5.41) is 8.08. The molecule has 0 unspecified atom stereocenters. The normalized spacial score (nSPS) is 14.6. The van der Waals surface area contributed by atoms with E-state index in [1.807, 2.05) is 5.38 Å². The second-order valence-electron chi connectivity index (χ2n) is 5.09. The molecular formula is C15H18N4OS. The highest BCUT2D eigenvalue weighted by Gasteiger charge is 2.23. The second kappa shape index (κ2) is 6.13. The van der Waals surface area contributed by atoms with E-state index in [0.717, 1.165) is 13.0 Å². The van der Waals surface area contributed by atoms with Crippen molar-refractivity contribution in [1.29, 1.82) is 0 Å². The first-order valence-corrected chi connectivity index (χ1v) is 7.91. The number of urea groups is 1. The van der Waals surface area contributed by atoms with Crippen LogP contribution in [-0.4, -0.2) is 30.1 Å². The molecule has 0 spiro atoms. The lowest BCUT2D eigenvalue weighted by Crippen LogP contribution is -2.42. The van der Waals surface area contributed by atoms with Gasteiger partial charge in [-0.2, -0.15) is 0 Å². The molecule has 1 atom stereocenters. The number of aromatic nitrogens is 1. The molecule has 0 bridgehead atoms. The third-order valence-corrected chi connectivity index (χ3v) is 4.35. The number of fused-ring (bicyclic) bond motifs is 1. The molecule has 2 aromatic rings. The molecule has 1 aliphatic rings. The fourth-order valence-electron chi connectivity index (χ4n) is 2.60. The Morgan fingerprint density at radius 2 is 2.33 bits per heavy atom. The van der Waals surface area contributed by atoms with Crippen LogP contribution in [0.4, 0.5) is 15.6 Å². The topological polar surface area (TPSA) is 57.3 Å². The second-order valence-corrected chi connectivity index (χ2v) is 5.99. The number of nitrogens with zero attached hydrogens (tertiary/aromatic N) is 2. The molecule has 1 aliphatic heterocycles. The Kier molecular flexibility index (Phi) is 4.06. The lowest BCUT2D eigenvalue weighted by molar-refractivity contribution is 0.251. The van der Waals surface area contributed by atoms with E-state index in [4.69, 9.17) is 0 Å². The molecule has 21 heavy (non-hydrogen) atoms. The fraction of sp³-hybridized carbons (Fsp3) is 0.333. The van der Waals surface area contributed by atoms with Gasteiger partial charge in [0.2, 0.25) is 0 Å². The van der Waals surface area contributed by atoms with Gasteiger partial charge in [0.1, 0.15) is 0 Å². The predicted molar refractivity (Wildman–Crippen MR) is 86.1 cm³/mol. The van der Waals surface area contributed by atoms with Crippen LogP contribution in [0.5, 0.6) is 0 Å². The summed E-state index contributed by atoms with van der Waals surface area (Å²) in [6.45, 7) is 3.74. The molecule has 6 heteroatoms. The summed E-state index contributed by atoms with van der Waals surface area (Å²) in [6.07, 6.45) is 2.75. The van der Waals surface area contributed by atoms with E-state index < -0.39 is 0 Å². The Morgan fingerprint density at radius 3 is 3.14 bits per heavy atom. The highest BCUT2D eigenvalue weighted by atomic mass is 32.1. The van der Waals surface area contributed by atoms with Crippen molar-refractivity contribution in [3.8, 4) is 0 Å². The summed E-state index contributed by atoms with van der Waals surface area (Å²) in [5.41, 5.74) is 2.67. The number of carbonyl (C=O) groups is 1. The van der Waals surface area contributed by atoms with Gasteiger partial charge in [-0.15, -0.1) is 11.3 Å². The van der Waals surface area contributed by atoms with Crippen molar-refractivity contribution in [2.24, 2.45) is 0 Å². The number of rotatable bonds is 4. The molecular weight excluding hydrogens is 284 g/mol. The minimum atomic E-state index is -0.204. The fourth-order valence-corrected chi connectivity index (χ4v) is 3.12. The number of carbonyl (C=O) groups excluding carboxylic acids is 1. The maximum absolute atomic E-state index is 11.8. The summed E-state index contributed by atoms with van der Waals surface area (Å²) in [5.74, 6) is 0. The quantitative estimate of drug-likeness (QED) is 0.913. The van der Waals surface area contributed by atoms with Crippen molar-refractivity contribution in [1.82, 2.24) is 10.3 Å². The maximum atomic E-state index is 11.8. The van der Waals surface area contributed by atoms with E-state index in [1.165, 1.54) is 22.6 Å². The molecule has 3 rings (SSSR count). The van der Waals surface area contributed by atoms with Crippen molar-refractivity contribution < 1.29 is 4.79 Å². The van der Waals surface area contributed by atoms with E-state index in [-0.39, 0.29) is 12.1 Å². The molecule has 0 radical (unpaired) electrons. The Balaban J connectivity index is 1.53. The number of thiazole rings is 1. The monoisotopic (exact) mass is 302 g/mol. The Labute approximate surface area is 128 Å². The summed E-state index contributed by atoms with van der Waals surface area (Å²) in [6, 6.07) is 8.51. The number of amides is 2. The molecule has 1 aromatic heterocycles. The third-order valence-electron chi connectivity index (χ3n) is 3.67. The van der Waals surface area contributed by atoms with Crippen LogP contribution in [0.15, 0.2) is 35.8 Å². The van der Waals surface area contributed by atoms with Gasteiger partial charge in [0.25, 0.3) is 0 Å². The van der Waals surface area contributed by atoms with Gasteiger partial charge >= 0.3 is 6.03 Å². The molecule has 1 aromatic carbocycles. The molecule has 110 valence electrons. The van der Waals surface area contributed by atoms with Crippen molar-refractivity contribution in [3.05, 3.63) is 41.4 Å². The average molecular weight is 302 g/mol. The molecule has 0 saturated heterocycles. The minimum Gasteiger partial charge on any atom is -0.366 e. The van der Waals surface area contributed by atoms with Crippen LogP contribution >= 0.6 is 11.3 Å². The highest BCUT2D eigenvalue weighted by molar-refractivity contribution is 7.13. The van der Waals surface area contributed by atoms with Crippen molar-refractivity contribution in [3.63, 3.8) is 0 Å². The van der Waals surface area contributed by atoms with Gasteiger partial charge in [-0.3, -0.25) is 5.32 Å². The van der Waals surface area contributed by atoms with Crippen LogP contribution in [0.1, 0.15) is 12.5 Å². The first-order valence-electron chi connectivity index (χ1n) is 7.03. The van der Waals surface area contributed by atoms with E-state index in [2.05, 4.69) is 51.7 Å². The van der Waals surface area contributed by atoms with E-state index in [9.17, 15) is 4.79 Å². The predicted octanol–water partition coefficient (Wildman–Crippen LogP) is 2.72. The van der Waals surface area contributed by atoms with Crippen LogP contribution in [-0.2, 0) is 6.42 Å². The summed E-state index contributed by atoms with van der Waals surface area (Å²) in [4.78, 5) is 18.2. The van der Waals surface area contributed by atoms with Crippen LogP contribution in [0.25, 0.3) is 0 Å². The molecule has 0 saturated carbocycles. The van der Waals surface area contributed by atoms with Crippen molar-refractivity contribution in [2.75, 3.05) is 23.3 Å². The number of anilines is 2. The van der Waals surface area contributed by atoms with Gasteiger partial charge < -0.3 is 10.2 Å². The van der Waals surface area contributed by atoms with Gasteiger partial charge in [0.05, 0.1) is 0 Å². The highest BCUT2D eigenvalue weighted by Crippen LogP contribution is 2.28. The van der Waals surface area contributed by atoms with E-state index >= 15 is 0 Å². The van der Waals surface area contributed by atoms with Crippen molar-refractivity contribution in [2.45, 2.75) is 19.4 Å². The average Bonchev–Trinajstić information content (AvgIpc) is 3.13. The standard InChI is InChI=1S/C15H18N4OS/c1-11(10-17-14(20)18-15-16-7-9-21-15)19-8-6-12-4-2-3-5-13(12)19/h2-5,7,9,11H,6,8,10H2,1H3,(H2,16,17,18,20)/t11-/m0/s1. The van der Waals surface area contributed by atoms with Gasteiger partial charge in [0, 0.05) is 36.4 Å². The smallest absolute Gasteiger partial charge is 0.321 e. The van der Waals surface area contributed by atoms with E-state index in [1.54, 1.807) is 6.20 Å². The molecule has 5 nitrogen and oxygen atoms in total. The van der Waals surface area contributed by atoms with Crippen LogP contribution in [0.2, 0.25) is 0 Å². The first-order chi connectivity index (χ1) is 10.2. The van der Waals surface area contributed by atoms with E-state index in [0.29, 0.717) is 11.7 Å². The molecule has 2 amide bonds. The number of hydrogen-bond acceptors (Lipinski definition) is 4. The van der Waals surface area contributed by atoms with Crippen LogP contribution in [0.3, 0.4) is 0 Å². The summed E-state index contributed by atoms with van der Waals surface area (Å²) >= 11 is 1.41. The lowest BCUT2D eigenvalue weighted by Gasteiger charge is -2.27. The number of nitrogens with one attached hydrogen (secondary N) is 2. The Hall–Kier alpha value is -2.08. The van der Waals surface area contributed by atoms with Gasteiger partial charge in [-0.25, -0.2) is 9.78 Å². The molecule has 2 heterocycles. The zero-order valence-corrected chi connectivity index (χ0v) is 12.7. The zero-order valence-electron chi connectivity index (χ0n) is 11.9. The minimum absolute atomic E-state index is 0.204. The third kappa shape index (κ3) is 3.16. The van der Waals surface area contributed by atoms with Crippen molar-refractivity contribution >= 4 is 28.2 Å². The maximum Gasteiger partial charge on any atom is 0.321 e. The molecule has 2 N–H and O–H groups in total. The van der Waals surface area contributed by atoms with Gasteiger partial charge in [0.15, 0.2) is 5.13 Å². The first kappa shape index (κ1) is 13.9.